The predicted molar refractivity (Wildman–Crippen MR) is 166 cm³/mol. The second kappa shape index (κ2) is 16.5. The second-order valence-electron chi connectivity index (χ2n) is 10.8. The van der Waals surface area contributed by atoms with Crippen molar-refractivity contribution in [1.29, 1.82) is 0 Å². The van der Waals surface area contributed by atoms with Crippen LogP contribution < -0.4 is 0 Å². The van der Waals surface area contributed by atoms with Crippen molar-refractivity contribution in [1.82, 2.24) is 0 Å². The van der Waals surface area contributed by atoms with Gasteiger partial charge in [0.1, 0.15) is 24.4 Å². The summed E-state index contributed by atoms with van der Waals surface area (Å²) in [7, 11) is -6.10. The van der Waals surface area contributed by atoms with Gasteiger partial charge in [0.2, 0.25) is 0 Å². The molecule has 0 aliphatic carbocycles. The maximum Gasteiger partial charge on any atom is 0.523 e. The molecule has 1 aliphatic heterocycles. The van der Waals surface area contributed by atoms with E-state index in [0.717, 1.165) is 16.7 Å². The monoisotopic (exact) mass is 672 g/mol. The fourth-order valence-corrected chi connectivity index (χ4v) is 5.62. The molecule has 0 spiro atoms. The van der Waals surface area contributed by atoms with E-state index in [9.17, 15) is 21.6 Å². The molecule has 1 unspecified atom stereocenters. The molecule has 1 saturated heterocycles. The molecule has 5 atom stereocenters. The third-order valence-electron chi connectivity index (χ3n) is 7.33. The molecule has 5 rings (SSSR count). The van der Waals surface area contributed by atoms with Gasteiger partial charge in [-0.1, -0.05) is 121 Å². The molecule has 12 heteroatoms. The smallest absolute Gasteiger partial charge is 0.374 e. The van der Waals surface area contributed by atoms with Crippen LogP contribution in [-0.2, 0) is 64.4 Å². The molecular formula is C35H35F3O8S. The molecule has 1 aliphatic rings. The Balaban J connectivity index is 1.49. The van der Waals surface area contributed by atoms with Gasteiger partial charge in [-0.05, 0) is 22.3 Å². The highest BCUT2D eigenvalue weighted by Crippen LogP contribution is 2.35. The standard InChI is InChI=1S/C35H35F3O8S/c36-35(37,38)47(39,40)46-31-30(25-41-21-26-13-5-1-6-14-26)45-34(44-24-29-19-11-4-12-20-29)33(43-23-28-17-9-3-10-18-28)32(31)42-22-27-15-7-2-8-16-27/h1-20,30-34H,21-25H2/t30?,31-,32-,33-,34+/m0/s1. The Kier molecular flexibility index (Phi) is 12.2. The fourth-order valence-electron chi connectivity index (χ4n) is 4.98. The zero-order valence-electron chi connectivity index (χ0n) is 25.3. The zero-order valence-corrected chi connectivity index (χ0v) is 26.1. The molecule has 47 heavy (non-hydrogen) atoms. The van der Waals surface area contributed by atoms with Gasteiger partial charge in [-0.2, -0.15) is 21.6 Å². The van der Waals surface area contributed by atoms with Crippen LogP contribution in [0.1, 0.15) is 22.3 Å². The molecule has 8 nitrogen and oxygen atoms in total. The van der Waals surface area contributed by atoms with Crippen molar-refractivity contribution in [2.45, 2.75) is 62.6 Å². The van der Waals surface area contributed by atoms with Crippen LogP contribution >= 0.6 is 0 Å². The number of hydrogen-bond donors (Lipinski definition) is 0. The number of ether oxygens (including phenoxy) is 5. The maximum atomic E-state index is 13.7. The van der Waals surface area contributed by atoms with E-state index in [1.54, 1.807) is 30.3 Å². The summed E-state index contributed by atoms with van der Waals surface area (Å²) in [4.78, 5) is 0. The number of benzene rings is 4. The number of alkyl halides is 3. The van der Waals surface area contributed by atoms with Crippen molar-refractivity contribution in [3.63, 3.8) is 0 Å². The fraction of sp³-hybridized carbons (Fsp3) is 0.314. The maximum absolute atomic E-state index is 13.7. The van der Waals surface area contributed by atoms with E-state index in [-0.39, 0.29) is 33.0 Å². The van der Waals surface area contributed by atoms with E-state index in [4.69, 9.17) is 27.9 Å². The highest BCUT2D eigenvalue weighted by atomic mass is 32.2. The van der Waals surface area contributed by atoms with E-state index in [1.807, 2.05) is 91.0 Å². The molecule has 1 heterocycles. The Morgan fingerprint density at radius 1 is 0.553 bits per heavy atom. The van der Waals surface area contributed by atoms with Crippen LogP contribution in [0.4, 0.5) is 13.2 Å². The summed E-state index contributed by atoms with van der Waals surface area (Å²) in [6.07, 6.45) is -7.02. The molecule has 0 N–H and O–H groups in total. The van der Waals surface area contributed by atoms with Crippen LogP contribution in [0.3, 0.4) is 0 Å². The summed E-state index contributed by atoms with van der Waals surface area (Å²) in [5.41, 5.74) is -2.66. The van der Waals surface area contributed by atoms with E-state index in [2.05, 4.69) is 0 Å². The van der Waals surface area contributed by atoms with Crippen molar-refractivity contribution >= 4 is 10.1 Å². The first kappa shape index (κ1) is 34.7. The SMILES string of the molecule is O=S(=O)(O[C@H]1C(COCc2ccccc2)O[C@@H](OCc2ccccc2)[C@@H](OCc2ccccc2)[C@H]1OCc1ccccc1)C(F)(F)F. The van der Waals surface area contributed by atoms with E-state index < -0.39 is 46.3 Å². The van der Waals surface area contributed by atoms with E-state index >= 15 is 0 Å². The van der Waals surface area contributed by atoms with Gasteiger partial charge in [-0.15, -0.1) is 0 Å². The van der Waals surface area contributed by atoms with Crippen LogP contribution in [0.5, 0.6) is 0 Å². The molecule has 4 aromatic carbocycles. The van der Waals surface area contributed by atoms with Gasteiger partial charge in [0.15, 0.2) is 6.29 Å². The third-order valence-corrected chi connectivity index (χ3v) is 8.38. The van der Waals surface area contributed by atoms with Gasteiger partial charge in [0.05, 0.1) is 33.0 Å². The largest absolute Gasteiger partial charge is 0.523 e. The quantitative estimate of drug-likeness (QED) is 0.104. The summed E-state index contributed by atoms with van der Waals surface area (Å²) in [5, 5.41) is 0. The van der Waals surface area contributed by atoms with Crippen molar-refractivity contribution < 1.29 is 49.5 Å². The first-order chi connectivity index (χ1) is 22.7. The van der Waals surface area contributed by atoms with Crippen LogP contribution in [0.2, 0.25) is 0 Å². The van der Waals surface area contributed by atoms with Gasteiger partial charge in [0, 0.05) is 0 Å². The number of hydrogen-bond acceptors (Lipinski definition) is 8. The summed E-state index contributed by atoms with van der Waals surface area (Å²) in [6, 6.07) is 36.3. The molecule has 0 saturated carbocycles. The minimum absolute atomic E-state index is 0.000818. The minimum atomic E-state index is -6.10. The van der Waals surface area contributed by atoms with Crippen LogP contribution in [0.15, 0.2) is 121 Å². The Bertz CT molecular complexity index is 1590. The van der Waals surface area contributed by atoms with Crippen molar-refractivity contribution in [3.8, 4) is 0 Å². The summed E-state index contributed by atoms with van der Waals surface area (Å²) >= 11 is 0. The molecule has 0 bridgehead atoms. The average Bonchev–Trinajstić information content (AvgIpc) is 3.08. The Morgan fingerprint density at radius 3 is 1.40 bits per heavy atom. The first-order valence-electron chi connectivity index (χ1n) is 14.9. The topological polar surface area (TPSA) is 89.5 Å². The number of halogens is 3. The molecule has 0 aromatic heterocycles. The van der Waals surface area contributed by atoms with Gasteiger partial charge >= 0.3 is 15.6 Å². The Hall–Kier alpha value is -3.62. The average molecular weight is 673 g/mol. The normalized spacial score (nSPS) is 21.8. The van der Waals surface area contributed by atoms with Crippen molar-refractivity contribution in [2.75, 3.05) is 6.61 Å². The van der Waals surface area contributed by atoms with E-state index in [1.165, 1.54) is 0 Å². The Morgan fingerprint density at radius 2 is 0.957 bits per heavy atom. The molecular weight excluding hydrogens is 637 g/mol. The molecule has 0 amide bonds. The van der Waals surface area contributed by atoms with Gasteiger partial charge < -0.3 is 23.7 Å². The van der Waals surface area contributed by atoms with Crippen LogP contribution in [-0.4, -0.2) is 51.2 Å². The highest BCUT2D eigenvalue weighted by molar-refractivity contribution is 7.87. The lowest BCUT2D eigenvalue weighted by atomic mass is 9.98. The summed E-state index contributed by atoms with van der Waals surface area (Å²) in [5.74, 6) is 0. The zero-order chi connectivity index (χ0) is 33.1. The lowest BCUT2D eigenvalue weighted by Gasteiger charge is -2.45. The second-order valence-corrected chi connectivity index (χ2v) is 12.4. The van der Waals surface area contributed by atoms with Crippen molar-refractivity contribution in [2.24, 2.45) is 0 Å². The number of rotatable bonds is 15. The highest BCUT2D eigenvalue weighted by Gasteiger charge is 2.55. The lowest BCUT2D eigenvalue weighted by molar-refractivity contribution is -0.320. The lowest BCUT2D eigenvalue weighted by Crippen LogP contribution is -2.62. The summed E-state index contributed by atoms with van der Waals surface area (Å²) < 4.78 is 102. The minimum Gasteiger partial charge on any atom is -0.374 e. The third kappa shape index (κ3) is 9.94. The van der Waals surface area contributed by atoms with Gasteiger partial charge in [0.25, 0.3) is 0 Å². The van der Waals surface area contributed by atoms with Gasteiger partial charge in [-0.25, -0.2) is 0 Å². The summed E-state index contributed by atoms with van der Waals surface area (Å²) in [6.45, 7) is -0.288. The van der Waals surface area contributed by atoms with Crippen molar-refractivity contribution in [3.05, 3.63) is 144 Å². The van der Waals surface area contributed by atoms with Crippen LogP contribution in [0, 0.1) is 0 Å². The Labute approximate surface area is 272 Å². The molecule has 4 aromatic rings. The molecule has 0 radical (unpaired) electrons. The first-order valence-corrected chi connectivity index (χ1v) is 16.3. The molecule has 1 fully saturated rings. The predicted octanol–water partition coefficient (Wildman–Crippen LogP) is 6.55. The van der Waals surface area contributed by atoms with Crippen LogP contribution in [0.25, 0.3) is 0 Å². The van der Waals surface area contributed by atoms with Gasteiger partial charge in [-0.3, -0.25) is 4.18 Å². The van der Waals surface area contributed by atoms with E-state index in [0.29, 0.717) is 5.56 Å². The molecule has 250 valence electrons.